The molecule has 6 nitrogen and oxygen atoms in total. The second-order valence-corrected chi connectivity index (χ2v) is 5.05. The molecule has 3 rings (SSSR count). The lowest BCUT2D eigenvalue weighted by atomic mass is 10.1. The van der Waals surface area contributed by atoms with Crippen molar-refractivity contribution >= 4 is 16.9 Å². The minimum Gasteiger partial charge on any atom is -0.350 e. The minimum atomic E-state index is -0.269. The number of H-pyrrole nitrogens is 1. The highest BCUT2D eigenvalue weighted by Gasteiger charge is 2.08. The van der Waals surface area contributed by atoms with Crippen LogP contribution in [0.5, 0.6) is 0 Å². The lowest BCUT2D eigenvalue weighted by molar-refractivity contribution is 0.0952. The van der Waals surface area contributed by atoms with E-state index < -0.39 is 0 Å². The third-order valence-electron chi connectivity index (χ3n) is 3.56. The van der Waals surface area contributed by atoms with Gasteiger partial charge in [0, 0.05) is 18.7 Å². The van der Waals surface area contributed by atoms with Gasteiger partial charge in [0.25, 0.3) is 5.91 Å². The van der Waals surface area contributed by atoms with E-state index in [1.165, 1.54) is 6.07 Å². The first-order valence-corrected chi connectivity index (χ1v) is 7.15. The average molecular weight is 306 g/mol. The molecular weight excluding hydrogens is 292 g/mol. The van der Waals surface area contributed by atoms with Gasteiger partial charge < -0.3 is 10.3 Å². The van der Waals surface area contributed by atoms with Crippen molar-refractivity contribution in [3.63, 3.8) is 0 Å². The van der Waals surface area contributed by atoms with Crippen molar-refractivity contribution in [3.05, 3.63) is 70.1 Å². The summed E-state index contributed by atoms with van der Waals surface area (Å²) < 4.78 is 1.58. The molecule has 1 amide bonds. The number of nitrogens with one attached hydrogen (secondary N) is 2. The summed E-state index contributed by atoms with van der Waals surface area (Å²) in [7, 11) is 0. The lowest BCUT2D eigenvalue weighted by Gasteiger charge is -2.06. The zero-order chi connectivity index (χ0) is 16.2. The van der Waals surface area contributed by atoms with Crippen LogP contribution in [0.25, 0.3) is 11.0 Å². The quantitative estimate of drug-likeness (QED) is 0.767. The van der Waals surface area contributed by atoms with Gasteiger partial charge in [-0.25, -0.2) is 4.79 Å². The Balaban J connectivity index is 1.69. The van der Waals surface area contributed by atoms with Crippen LogP contribution in [0.1, 0.15) is 15.9 Å². The molecule has 3 aromatic rings. The van der Waals surface area contributed by atoms with Crippen molar-refractivity contribution in [1.29, 1.82) is 5.26 Å². The Hall–Kier alpha value is -3.33. The normalized spacial score (nSPS) is 10.4. The Morgan fingerprint density at radius 3 is 2.87 bits per heavy atom. The van der Waals surface area contributed by atoms with Gasteiger partial charge in [-0.1, -0.05) is 18.2 Å². The van der Waals surface area contributed by atoms with E-state index in [1.54, 1.807) is 22.8 Å². The van der Waals surface area contributed by atoms with Crippen LogP contribution in [-0.4, -0.2) is 22.0 Å². The maximum atomic E-state index is 12.1. The third-order valence-corrected chi connectivity index (χ3v) is 3.56. The SMILES string of the molecule is N#Cc1cccc(C(=O)NCCn2c(=O)[nH]c3ccccc32)c1. The summed E-state index contributed by atoms with van der Waals surface area (Å²) in [6.07, 6.45) is 0. The monoisotopic (exact) mass is 306 g/mol. The number of imidazole rings is 1. The van der Waals surface area contributed by atoms with Gasteiger partial charge in [-0.3, -0.25) is 9.36 Å². The summed E-state index contributed by atoms with van der Waals surface area (Å²) in [6, 6.07) is 15.9. The molecule has 2 N–H and O–H groups in total. The fourth-order valence-corrected chi connectivity index (χ4v) is 2.44. The molecule has 1 aromatic heterocycles. The van der Waals surface area contributed by atoms with Crippen LogP contribution in [0.4, 0.5) is 0 Å². The molecule has 0 saturated carbocycles. The number of hydrogen-bond donors (Lipinski definition) is 2. The first-order valence-electron chi connectivity index (χ1n) is 7.15. The average Bonchev–Trinajstić information content (AvgIpc) is 2.90. The first-order chi connectivity index (χ1) is 11.2. The Kier molecular flexibility index (Phi) is 3.93. The number of para-hydroxylation sites is 2. The summed E-state index contributed by atoms with van der Waals surface area (Å²) >= 11 is 0. The van der Waals surface area contributed by atoms with Crippen molar-refractivity contribution in [2.24, 2.45) is 0 Å². The Labute approximate surface area is 132 Å². The molecule has 0 aliphatic heterocycles. The second-order valence-electron chi connectivity index (χ2n) is 5.05. The number of amides is 1. The van der Waals surface area contributed by atoms with Crippen molar-refractivity contribution in [3.8, 4) is 6.07 Å². The van der Waals surface area contributed by atoms with Gasteiger partial charge in [0.15, 0.2) is 0 Å². The van der Waals surface area contributed by atoms with Gasteiger partial charge in [0.05, 0.1) is 22.7 Å². The summed E-state index contributed by atoms with van der Waals surface area (Å²) in [6.45, 7) is 0.684. The molecule has 6 heteroatoms. The number of hydrogen-bond acceptors (Lipinski definition) is 3. The van der Waals surface area contributed by atoms with E-state index in [0.29, 0.717) is 24.2 Å². The van der Waals surface area contributed by atoms with Gasteiger partial charge >= 0.3 is 5.69 Å². The zero-order valence-corrected chi connectivity index (χ0v) is 12.2. The van der Waals surface area contributed by atoms with Crippen molar-refractivity contribution in [2.75, 3.05) is 6.54 Å². The van der Waals surface area contributed by atoms with E-state index in [2.05, 4.69) is 10.3 Å². The predicted octanol–water partition coefficient (Wildman–Crippen LogP) is 1.63. The molecule has 1 heterocycles. The summed E-state index contributed by atoms with van der Waals surface area (Å²) in [4.78, 5) is 26.8. The fourth-order valence-electron chi connectivity index (χ4n) is 2.44. The smallest absolute Gasteiger partial charge is 0.326 e. The highest BCUT2D eigenvalue weighted by molar-refractivity contribution is 5.94. The number of nitriles is 1. The van der Waals surface area contributed by atoms with Crippen LogP contribution in [0.15, 0.2) is 53.3 Å². The van der Waals surface area contributed by atoms with E-state index in [1.807, 2.05) is 30.3 Å². The first kappa shape index (κ1) is 14.6. The molecule has 0 bridgehead atoms. The number of fused-ring (bicyclic) bond motifs is 1. The number of nitrogens with zero attached hydrogens (tertiary/aromatic N) is 2. The van der Waals surface area contributed by atoms with E-state index in [-0.39, 0.29) is 11.6 Å². The van der Waals surface area contributed by atoms with Crippen molar-refractivity contribution < 1.29 is 4.79 Å². The topological polar surface area (TPSA) is 90.7 Å². The second kappa shape index (κ2) is 6.20. The number of benzene rings is 2. The standard InChI is InChI=1S/C17H14N4O2/c18-11-12-4-3-5-13(10-12)16(22)19-8-9-21-15-7-2-1-6-14(15)20-17(21)23/h1-7,10H,8-9H2,(H,19,22)(H,20,23). The number of aromatic amines is 1. The van der Waals surface area contributed by atoms with Gasteiger partial charge in [-0.05, 0) is 30.3 Å². The molecule has 23 heavy (non-hydrogen) atoms. The number of aromatic nitrogens is 2. The zero-order valence-electron chi connectivity index (χ0n) is 12.2. The summed E-state index contributed by atoms with van der Waals surface area (Å²) in [5, 5.41) is 11.6. The van der Waals surface area contributed by atoms with Crippen LogP contribution in [-0.2, 0) is 6.54 Å². The van der Waals surface area contributed by atoms with E-state index in [9.17, 15) is 9.59 Å². The molecule has 0 aliphatic carbocycles. The molecule has 114 valence electrons. The fraction of sp³-hybridized carbons (Fsp3) is 0.118. The summed E-state index contributed by atoms with van der Waals surface area (Å²) in [5.74, 6) is -0.269. The highest BCUT2D eigenvalue weighted by atomic mass is 16.2. The van der Waals surface area contributed by atoms with Gasteiger partial charge in [-0.15, -0.1) is 0 Å². The number of carbonyl (C=O) groups is 1. The Morgan fingerprint density at radius 1 is 1.22 bits per heavy atom. The van der Waals surface area contributed by atoms with E-state index in [4.69, 9.17) is 5.26 Å². The van der Waals surface area contributed by atoms with Crippen LogP contribution in [0.3, 0.4) is 0 Å². The maximum absolute atomic E-state index is 12.1. The van der Waals surface area contributed by atoms with Crippen LogP contribution in [0, 0.1) is 11.3 Å². The van der Waals surface area contributed by atoms with Crippen LogP contribution < -0.4 is 11.0 Å². The molecule has 0 saturated heterocycles. The summed E-state index contributed by atoms with van der Waals surface area (Å²) in [5.41, 5.74) is 2.23. The van der Waals surface area contributed by atoms with E-state index >= 15 is 0 Å². The largest absolute Gasteiger partial charge is 0.350 e. The van der Waals surface area contributed by atoms with Gasteiger partial charge in [0.1, 0.15) is 0 Å². The minimum absolute atomic E-state index is 0.202. The van der Waals surface area contributed by atoms with Crippen LogP contribution >= 0.6 is 0 Å². The van der Waals surface area contributed by atoms with Crippen LogP contribution in [0.2, 0.25) is 0 Å². The third kappa shape index (κ3) is 2.99. The molecule has 0 unspecified atom stereocenters. The number of carbonyl (C=O) groups excluding carboxylic acids is 1. The van der Waals surface area contributed by atoms with Gasteiger partial charge in [-0.2, -0.15) is 5.26 Å². The van der Waals surface area contributed by atoms with Crippen molar-refractivity contribution in [2.45, 2.75) is 6.54 Å². The Bertz CT molecular complexity index is 962. The molecular formula is C17H14N4O2. The molecule has 0 atom stereocenters. The van der Waals surface area contributed by atoms with E-state index in [0.717, 1.165) is 11.0 Å². The Morgan fingerprint density at radius 2 is 2.04 bits per heavy atom. The molecule has 0 radical (unpaired) electrons. The number of rotatable bonds is 4. The predicted molar refractivity (Wildman–Crippen MR) is 86.0 cm³/mol. The lowest BCUT2D eigenvalue weighted by Crippen LogP contribution is -2.30. The molecule has 0 fully saturated rings. The molecule has 2 aromatic carbocycles. The molecule has 0 aliphatic rings. The van der Waals surface area contributed by atoms with Crippen molar-refractivity contribution in [1.82, 2.24) is 14.9 Å². The highest BCUT2D eigenvalue weighted by Crippen LogP contribution is 2.08. The maximum Gasteiger partial charge on any atom is 0.326 e. The molecule has 0 spiro atoms. The van der Waals surface area contributed by atoms with Gasteiger partial charge in [0.2, 0.25) is 0 Å².